The van der Waals surface area contributed by atoms with E-state index < -0.39 is 61.6 Å². The summed E-state index contributed by atoms with van der Waals surface area (Å²) in [6, 6.07) is 8.08. The fourth-order valence-electron chi connectivity index (χ4n) is 3.84. The number of alkyl halides is 5. The van der Waals surface area contributed by atoms with Crippen molar-refractivity contribution in [2.75, 3.05) is 6.61 Å². The summed E-state index contributed by atoms with van der Waals surface area (Å²) < 4.78 is 119. The van der Waals surface area contributed by atoms with Crippen LogP contribution in [0.4, 0.5) is 30.7 Å². The number of halogens is 7. The van der Waals surface area contributed by atoms with Crippen molar-refractivity contribution in [1.29, 1.82) is 0 Å². The molecular formula is C23H15F7MgN5O5P. The van der Waals surface area contributed by atoms with E-state index in [1.165, 1.54) is 24.3 Å². The summed E-state index contributed by atoms with van der Waals surface area (Å²) in [4.78, 5) is 27.1. The van der Waals surface area contributed by atoms with Gasteiger partial charge in [-0.1, -0.05) is 18.2 Å². The van der Waals surface area contributed by atoms with Gasteiger partial charge in [0.05, 0.1) is 14.4 Å². The molecular weight excluding hydrogens is 615 g/mol. The molecule has 0 saturated heterocycles. The number of benzene rings is 2. The second-order valence-electron chi connectivity index (χ2n) is 8.43. The van der Waals surface area contributed by atoms with Gasteiger partial charge in [0.2, 0.25) is 0 Å². The van der Waals surface area contributed by atoms with Crippen LogP contribution >= 0.6 is 7.82 Å². The molecule has 0 spiro atoms. The van der Waals surface area contributed by atoms with Crippen molar-refractivity contribution in [1.82, 2.24) is 25.2 Å². The Balaban J connectivity index is 0.00000484. The van der Waals surface area contributed by atoms with Crippen LogP contribution in [0.15, 0.2) is 67.1 Å². The van der Waals surface area contributed by atoms with Gasteiger partial charge in [0, 0.05) is 23.4 Å². The van der Waals surface area contributed by atoms with Crippen molar-refractivity contribution in [3.8, 4) is 16.9 Å². The summed E-state index contributed by atoms with van der Waals surface area (Å²) in [5.74, 6) is -7.60. The van der Waals surface area contributed by atoms with E-state index in [0.717, 1.165) is 24.7 Å². The number of tetrazole rings is 1. The van der Waals surface area contributed by atoms with Gasteiger partial charge in [-0.25, -0.2) is 13.5 Å². The average molecular weight is 630 g/mol. The molecule has 0 bridgehead atoms. The topological polar surface area (TPSA) is 138 Å². The second-order valence-corrected chi connectivity index (χ2v) is 9.51. The van der Waals surface area contributed by atoms with Gasteiger partial charge in [-0.2, -0.15) is 22.0 Å². The van der Waals surface area contributed by atoms with E-state index in [-0.39, 0.29) is 40.4 Å². The molecule has 19 heteroatoms. The summed E-state index contributed by atoms with van der Waals surface area (Å²) >= 11 is 0. The molecule has 4 aromatic rings. The number of phosphoric ester groups is 1. The molecule has 0 unspecified atom stereocenters. The minimum absolute atomic E-state index is 0. The quantitative estimate of drug-likeness (QED) is 0.147. The molecule has 42 heavy (non-hydrogen) atoms. The van der Waals surface area contributed by atoms with Crippen LogP contribution in [0.5, 0.6) is 5.75 Å². The van der Waals surface area contributed by atoms with Crippen LogP contribution in [0.25, 0.3) is 11.1 Å². The molecule has 0 aliphatic carbocycles. The Morgan fingerprint density at radius 3 is 2.12 bits per heavy atom. The van der Waals surface area contributed by atoms with Gasteiger partial charge in [-0.15, -0.1) is 5.10 Å². The van der Waals surface area contributed by atoms with Crippen molar-refractivity contribution < 1.29 is 54.3 Å². The monoisotopic (exact) mass is 629 g/mol. The van der Waals surface area contributed by atoms with Crippen LogP contribution in [-0.2, 0) is 27.2 Å². The van der Waals surface area contributed by atoms with Gasteiger partial charge in [0.1, 0.15) is 29.4 Å². The van der Waals surface area contributed by atoms with Crippen molar-refractivity contribution in [3.63, 3.8) is 0 Å². The standard InChI is InChI=1S/C23H17F7N5O5P.Mg/c24-16-4-7-18(19(25)9-16)21(40-41(36,37)38,11-35-13-32-33-34-35)23(29,30)20-8-3-15(10-31-20)14-1-5-17(6-2-14)39-12-22(26,27)28;/h1-10,13H,11-12H2,(H2,36,37,38);/q;+2/p-2/t21-;/m0./s1. The van der Waals surface area contributed by atoms with Gasteiger partial charge >= 0.3 is 35.2 Å². The average Bonchev–Trinajstić information content (AvgIpc) is 3.39. The van der Waals surface area contributed by atoms with Gasteiger partial charge < -0.3 is 23.6 Å². The number of aromatic nitrogens is 5. The molecule has 218 valence electrons. The van der Waals surface area contributed by atoms with Gasteiger partial charge in [-0.05, 0) is 46.3 Å². The summed E-state index contributed by atoms with van der Waals surface area (Å²) in [7, 11) is -6.33. The van der Waals surface area contributed by atoms with Crippen LogP contribution < -0.4 is 14.5 Å². The van der Waals surface area contributed by atoms with Crippen LogP contribution in [0.3, 0.4) is 0 Å². The molecule has 0 aliphatic heterocycles. The fraction of sp³-hybridized carbons (Fsp3) is 0.217. The first-order valence-electron chi connectivity index (χ1n) is 11.1. The molecule has 0 fully saturated rings. The Labute approximate surface area is 247 Å². The third-order valence-electron chi connectivity index (χ3n) is 5.59. The molecule has 0 radical (unpaired) electrons. The Morgan fingerprint density at radius 1 is 0.929 bits per heavy atom. The minimum Gasteiger partial charge on any atom is -0.790 e. The number of ether oxygens (including phenoxy) is 1. The van der Waals surface area contributed by atoms with E-state index in [2.05, 4.69) is 29.8 Å². The van der Waals surface area contributed by atoms with Crippen LogP contribution in [0.2, 0.25) is 0 Å². The summed E-state index contributed by atoms with van der Waals surface area (Å²) in [5.41, 5.74) is -5.60. The van der Waals surface area contributed by atoms with Gasteiger partial charge in [0.15, 0.2) is 12.2 Å². The molecule has 2 aromatic heterocycles. The Kier molecular flexibility index (Phi) is 10.0. The number of hydrogen-bond acceptors (Lipinski definition) is 9. The first kappa shape index (κ1) is 33.3. The summed E-state index contributed by atoms with van der Waals surface area (Å²) in [5, 5.41) is 9.83. The van der Waals surface area contributed by atoms with Crippen LogP contribution in [0, 0.1) is 11.6 Å². The van der Waals surface area contributed by atoms with E-state index in [1.807, 2.05) is 0 Å². The van der Waals surface area contributed by atoms with Crippen molar-refractivity contribution >= 4 is 30.9 Å². The molecule has 0 N–H and O–H groups in total. The SMILES string of the molecule is O=P([O-])([O-])O[C@@](Cn1cnnn1)(c1ccc(F)cc1F)C(F)(F)c1ccc(-c2ccc(OCC(F)(F)F)cc2)cn1.[Mg+2]. The smallest absolute Gasteiger partial charge is 0.790 e. The molecule has 2 aromatic carbocycles. The van der Waals surface area contributed by atoms with Crippen LogP contribution in [0.1, 0.15) is 11.3 Å². The predicted molar refractivity (Wildman–Crippen MR) is 125 cm³/mol. The number of hydrogen-bond donors (Lipinski definition) is 0. The zero-order valence-electron chi connectivity index (χ0n) is 20.8. The maximum atomic E-state index is 16.3. The molecule has 2 heterocycles. The van der Waals surface area contributed by atoms with E-state index in [1.54, 1.807) is 0 Å². The van der Waals surface area contributed by atoms with E-state index in [9.17, 15) is 36.3 Å². The zero-order valence-corrected chi connectivity index (χ0v) is 23.2. The van der Waals surface area contributed by atoms with Crippen molar-refractivity contribution in [2.45, 2.75) is 24.2 Å². The second kappa shape index (κ2) is 12.6. The number of pyridine rings is 1. The van der Waals surface area contributed by atoms with E-state index in [0.29, 0.717) is 22.4 Å². The van der Waals surface area contributed by atoms with Gasteiger partial charge in [0.25, 0.3) is 0 Å². The molecule has 10 nitrogen and oxygen atoms in total. The van der Waals surface area contributed by atoms with Crippen molar-refractivity contribution in [2.24, 2.45) is 0 Å². The third kappa shape index (κ3) is 7.62. The molecule has 1 atom stereocenters. The fourth-order valence-corrected chi connectivity index (χ4v) is 4.50. The Hall–Kier alpha value is -3.15. The third-order valence-corrected chi connectivity index (χ3v) is 6.13. The minimum atomic E-state index is -6.33. The maximum absolute atomic E-state index is 16.3. The number of rotatable bonds is 10. The first-order chi connectivity index (χ1) is 19.1. The molecule has 0 saturated carbocycles. The number of phosphoric acid groups is 1. The van der Waals surface area contributed by atoms with Crippen LogP contribution in [-0.4, -0.2) is 61.0 Å². The summed E-state index contributed by atoms with van der Waals surface area (Å²) in [6.07, 6.45) is -2.89. The Morgan fingerprint density at radius 2 is 1.60 bits per heavy atom. The predicted octanol–water partition coefficient (Wildman–Crippen LogP) is 3.11. The molecule has 0 amide bonds. The largest absolute Gasteiger partial charge is 2.00 e. The maximum Gasteiger partial charge on any atom is 2.00 e. The van der Waals surface area contributed by atoms with Gasteiger partial charge in [-0.3, -0.25) is 4.98 Å². The van der Waals surface area contributed by atoms with E-state index >= 15 is 8.78 Å². The molecule has 0 aliphatic rings. The first-order valence-corrected chi connectivity index (χ1v) is 12.6. The molecule has 4 rings (SSSR count). The Bertz CT molecular complexity index is 1540. The summed E-state index contributed by atoms with van der Waals surface area (Å²) in [6.45, 7) is -2.87. The zero-order chi connectivity index (χ0) is 30.1. The number of nitrogens with zero attached hydrogens (tertiary/aromatic N) is 5. The van der Waals surface area contributed by atoms with Crippen molar-refractivity contribution in [3.05, 3.63) is 90.0 Å². The normalized spacial score (nSPS) is 13.7. The van der Waals surface area contributed by atoms with E-state index in [4.69, 9.17) is 0 Å².